The Labute approximate surface area is 142 Å². The third kappa shape index (κ3) is 2.08. The van der Waals surface area contributed by atoms with Gasteiger partial charge in [0.15, 0.2) is 5.79 Å². The molecular formula is C18H26N2O4. The van der Waals surface area contributed by atoms with Crippen molar-refractivity contribution >= 4 is 11.9 Å². The van der Waals surface area contributed by atoms with Gasteiger partial charge in [-0.1, -0.05) is 12.8 Å². The second-order valence-corrected chi connectivity index (χ2v) is 8.10. The van der Waals surface area contributed by atoms with Crippen molar-refractivity contribution in [2.75, 3.05) is 13.2 Å². The van der Waals surface area contributed by atoms with Crippen LogP contribution in [0.1, 0.15) is 57.8 Å². The van der Waals surface area contributed by atoms with Crippen molar-refractivity contribution in [1.82, 2.24) is 9.80 Å². The highest BCUT2D eigenvalue weighted by atomic mass is 16.7. The third-order valence-electron chi connectivity index (χ3n) is 6.93. The predicted molar refractivity (Wildman–Crippen MR) is 85.1 cm³/mol. The zero-order valence-corrected chi connectivity index (χ0v) is 14.1. The van der Waals surface area contributed by atoms with Gasteiger partial charge < -0.3 is 14.4 Å². The van der Waals surface area contributed by atoms with E-state index in [9.17, 15) is 9.59 Å². The number of carbonyl (C=O) groups excluding carboxylic acids is 2. The van der Waals surface area contributed by atoms with Crippen LogP contribution < -0.4 is 0 Å². The molecule has 0 aromatic heterocycles. The van der Waals surface area contributed by atoms with Crippen LogP contribution in [-0.2, 0) is 14.3 Å². The first kappa shape index (κ1) is 15.1. The standard InChI is InChI=1S/C18H26N2O4/c21-16-15-11-12-3-1-2-4-14(12)20(15)17(22)19(16)13-5-7-18(8-6-13)23-9-10-24-18/h12-15H,1-11H2/t12-,14-,15+/m1/s1. The van der Waals surface area contributed by atoms with Gasteiger partial charge in [-0.2, -0.15) is 0 Å². The summed E-state index contributed by atoms with van der Waals surface area (Å²) in [6, 6.07) is 0.131. The fraction of sp³-hybridized carbons (Fsp3) is 0.889. The van der Waals surface area contributed by atoms with E-state index >= 15 is 0 Å². The summed E-state index contributed by atoms with van der Waals surface area (Å²) in [5.41, 5.74) is 0. The Balaban J connectivity index is 1.32. The molecule has 6 heteroatoms. The second-order valence-electron chi connectivity index (χ2n) is 8.10. The zero-order valence-electron chi connectivity index (χ0n) is 14.1. The monoisotopic (exact) mass is 334 g/mol. The molecule has 3 amide bonds. The Bertz CT molecular complexity index is 549. The van der Waals surface area contributed by atoms with Crippen LogP contribution in [0, 0.1) is 5.92 Å². The van der Waals surface area contributed by atoms with Gasteiger partial charge in [-0.3, -0.25) is 9.69 Å². The molecule has 0 unspecified atom stereocenters. The number of fused-ring (bicyclic) bond motifs is 3. The molecule has 0 aromatic carbocycles. The van der Waals surface area contributed by atoms with Crippen LogP contribution in [0.25, 0.3) is 0 Å². The highest BCUT2D eigenvalue weighted by Crippen LogP contribution is 2.45. The molecule has 6 nitrogen and oxygen atoms in total. The molecule has 2 aliphatic carbocycles. The molecule has 0 aromatic rings. The molecule has 5 fully saturated rings. The minimum atomic E-state index is -0.438. The van der Waals surface area contributed by atoms with E-state index in [1.165, 1.54) is 19.3 Å². The lowest BCUT2D eigenvalue weighted by Crippen LogP contribution is -2.48. The minimum Gasteiger partial charge on any atom is -0.348 e. The van der Waals surface area contributed by atoms with Crippen molar-refractivity contribution in [1.29, 1.82) is 0 Å². The number of rotatable bonds is 1. The van der Waals surface area contributed by atoms with Crippen molar-refractivity contribution < 1.29 is 19.1 Å². The summed E-state index contributed by atoms with van der Waals surface area (Å²) in [5, 5.41) is 0. The molecule has 2 saturated carbocycles. The Morgan fingerprint density at radius 2 is 1.67 bits per heavy atom. The quantitative estimate of drug-likeness (QED) is 0.690. The lowest BCUT2D eigenvalue weighted by Gasteiger charge is -2.38. The van der Waals surface area contributed by atoms with Crippen molar-refractivity contribution in [3.63, 3.8) is 0 Å². The molecule has 5 aliphatic rings. The van der Waals surface area contributed by atoms with E-state index in [2.05, 4.69) is 0 Å². The summed E-state index contributed by atoms with van der Waals surface area (Å²) in [6.45, 7) is 1.32. The maximum Gasteiger partial charge on any atom is 0.327 e. The molecule has 3 saturated heterocycles. The van der Waals surface area contributed by atoms with Gasteiger partial charge in [0.25, 0.3) is 5.91 Å². The maximum atomic E-state index is 13.0. The molecule has 5 rings (SSSR count). The number of hydrogen-bond donors (Lipinski definition) is 0. The second kappa shape index (κ2) is 5.43. The van der Waals surface area contributed by atoms with Gasteiger partial charge in [0.2, 0.25) is 0 Å². The fourth-order valence-corrected chi connectivity index (χ4v) is 5.76. The van der Waals surface area contributed by atoms with Crippen LogP contribution in [0.15, 0.2) is 0 Å². The largest absolute Gasteiger partial charge is 0.348 e. The normalized spacial score (nSPS) is 38.9. The molecule has 0 bridgehead atoms. The van der Waals surface area contributed by atoms with Gasteiger partial charge in [0, 0.05) is 24.9 Å². The van der Waals surface area contributed by atoms with E-state index in [0.717, 1.165) is 38.5 Å². The van der Waals surface area contributed by atoms with E-state index in [1.54, 1.807) is 4.90 Å². The van der Waals surface area contributed by atoms with Gasteiger partial charge in [-0.25, -0.2) is 4.79 Å². The molecule has 3 aliphatic heterocycles. The van der Waals surface area contributed by atoms with E-state index in [4.69, 9.17) is 9.47 Å². The number of nitrogens with zero attached hydrogens (tertiary/aromatic N) is 2. The van der Waals surface area contributed by atoms with Gasteiger partial charge in [0.05, 0.1) is 13.2 Å². The van der Waals surface area contributed by atoms with Gasteiger partial charge >= 0.3 is 6.03 Å². The number of carbonyl (C=O) groups is 2. The first-order valence-electron chi connectivity index (χ1n) is 9.62. The molecule has 24 heavy (non-hydrogen) atoms. The number of ether oxygens (including phenoxy) is 2. The van der Waals surface area contributed by atoms with Crippen molar-refractivity contribution in [2.45, 2.75) is 81.7 Å². The van der Waals surface area contributed by atoms with Gasteiger partial charge in [-0.05, 0) is 38.0 Å². The number of urea groups is 1. The predicted octanol–water partition coefficient (Wildman–Crippen LogP) is 2.27. The number of hydrogen-bond acceptors (Lipinski definition) is 4. The van der Waals surface area contributed by atoms with Crippen LogP contribution >= 0.6 is 0 Å². The Morgan fingerprint density at radius 1 is 0.958 bits per heavy atom. The van der Waals surface area contributed by atoms with Crippen LogP contribution in [0.2, 0.25) is 0 Å². The summed E-state index contributed by atoms with van der Waals surface area (Å²) < 4.78 is 11.5. The highest BCUT2D eigenvalue weighted by Gasteiger charge is 2.57. The average Bonchev–Trinajstić information content (AvgIpc) is 3.26. The third-order valence-corrected chi connectivity index (χ3v) is 6.93. The lowest BCUT2D eigenvalue weighted by molar-refractivity contribution is -0.183. The van der Waals surface area contributed by atoms with Crippen LogP contribution in [0.4, 0.5) is 4.79 Å². The zero-order chi connectivity index (χ0) is 16.3. The molecule has 3 atom stereocenters. The summed E-state index contributed by atoms with van der Waals surface area (Å²) in [5.74, 6) is 0.171. The Hall–Kier alpha value is -1.14. The minimum absolute atomic E-state index is 0.0198. The summed E-state index contributed by atoms with van der Waals surface area (Å²) >= 11 is 0. The first-order chi connectivity index (χ1) is 11.7. The van der Waals surface area contributed by atoms with Crippen molar-refractivity contribution in [3.05, 3.63) is 0 Å². The van der Waals surface area contributed by atoms with Gasteiger partial charge in [0.1, 0.15) is 6.04 Å². The maximum absolute atomic E-state index is 13.0. The van der Waals surface area contributed by atoms with E-state index in [-0.39, 0.29) is 24.0 Å². The average molecular weight is 334 g/mol. The molecule has 0 radical (unpaired) electrons. The van der Waals surface area contributed by atoms with Crippen LogP contribution in [0.3, 0.4) is 0 Å². The van der Waals surface area contributed by atoms with E-state index in [1.807, 2.05) is 4.90 Å². The SMILES string of the molecule is O=C1[C@@H]2C[C@H]3CCCC[C@H]3N2C(=O)N1C1CCC2(CC1)OCCO2. The fourth-order valence-electron chi connectivity index (χ4n) is 5.76. The summed E-state index contributed by atoms with van der Waals surface area (Å²) in [6.07, 6.45) is 8.73. The molecular weight excluding hydrogens is 308 g/mol. The van der Waals surface area contributed by atoms with Crippen LogP contribution in [-0.4, -0.2) is 58.9 Å². The van der Waals surface area contributed by atoms with Crippen molar-refractivity contribution in [3.8, 4) is 0 Å². The summed E-state index contributed by atoms with van der Waals surface area (Å²) in [7, 11) is 0. The Kier molecular flexibility index (Phi) is 3.42. The van der Waals surface area contributed by atoms with E-state index in [0.29, 0.717) is 25.2 Å². The first-order valence-corrected chi connectivity index (χ1v) is 9.62. The highest BCUT2D eigenvalue weighted by molar-refractivity contribution is 6.05. The van der Waals surface area contributed by atoms with Crippen molar-refractivity contribution in [2.24, 2.45) is 5.92 Å². The summed E-state index contributed by atoms with van der Waals surface area (Å²) in [4.78, 5) is 29.5. The topological polar surface area (TPSA) is 59.1 Å². The molecule has 3 heterocycles. The number of imide groups is 1. The van der Waals surface area contributed by atoms with E-state index < -0.39 is 5.79 Å². The smallest absolute Gasteiger partial charge is 0.327 e. The van der Waals surface area contributed by atoms with Crippen LogP contribution in [0.5, 0.6) is 0 Å². The molecule has 1 spiro atoms. The molecule has 132 valence electrons. The Morgan fingerprint density at radius 3 is 2.42 bits per heavy atom. The lowest BCUT2D eigenvalue weighted by atomic mass is 9.84. The van der Waals surface area contributed by atoms with Gasteiger partial charge in [-0.15, -0.1) is 0 Å². The molecule has 0 N–H and O–H groups in total. The number of amides is 3.